The second-order valence-corrected chi connectivity index (χ2v) is 7.13. The van der Waals surface area contributed by atoms with Crippen molar-refractivity contribution in [2.24, 2.45) is 17.8 Å². The predicted octanol–water partition coefficient (Wildman–Crippen LogP) is 2.13. The number of nitrogen functional groups attached to an aromatic ring is 1. The molecule has 0 aliphatic heterocycles. The van der Waals surface area contributed by atoms with Crippen LogP contribution in [-0.4, -0.2) is 9.97 Å². The number of aryl methyl sites for hydroxylation is 1. The summed E-state index contributed by atoms with van der Waals surface area (Å²) in [5.41, 5.74) is 8.11. The first-order valence-corrected chi connectivity index (χ1v) is 7.42. The van der Waals surface area contributed by atoms with E-state index in [1.807, 2.05) is 6.92 Å². The van der Waals surface area contributed by atoms with Crippen LogP contribution in [0.4, 0.5) is 5.82 Å². The number of nitrogens with two attached hydrogens (primary N) is 1. The fraction of sp³-hybridized carbons (Fsp3) is 0.733. The Morgan fingerprint density at radius 1 is 1.16 bits per heavy atom. The minimum absolute atomic E-state index is 0.208. The monoisotopic (exact) mass is 259 g/mol. The lowest BCUT2D eigenvalue weighted by atomic mass is 9.48. The number of nitrogens with zero attached hydrogens (tertiary/aromatic N) is 1. The van der Waals surface area contributed by atoms with Crippen LogP contribution >= 0.6 is 0 Å². The quantitative estimate of drug-likeness (QED) is 0.811. The summed E-state index contributed by atoms with van der Waals surface area (Å²) in [6, 6.07) is 0. The molecule has 4 aliphatic carbocycles. The van der Waals surface area contributed by atoms with E-state index >= 15 is 0 Å². The molecule has 0 saturated heterocycles. The van der Waals surface area contributed by atoms with Gasteiger partial charge in [0.15, 0.2) is 0 Å². The Balaban J connectivity index is 1.86. The van der Waals surface area contributed by atoms with E-state index in [1.54, 1.807) is 0 Å². The van der Waals surface area contributed by atoms with Gasteiger partial charge >= 0.3 is 5.69 Å². The lowest BCUT2D eigenvalue weighted by Crippen LogP contribution is -2.49. The molecule has 102 valence electrons. The molecule has 4 aliphatic rings. The molecule has 0 amide bonds. The van der Waals surface area contributed by atoms with Crippen LogP contribution in [0.5, 0.6) is 0 Å². The van der Waals surface area contributed by atoms with Gasteiger partial charge in [0.1, 0.15) is 5.82 Å². The molecular formula is C15H21N3O. The van der Waals surface area contributed by atoms with Gasteiger partial charge in [0, 0.05) is 16.7 Å². The van der Waals surface area contributed by atoms with Crippen molar-refractivity contribution < 1.29 is 0 Å². The van der Waals surface area contributed by atoms with Crippen molar-refractivity contribution in [1.29, 1.82) is 0 Å². The number of hydrogen-bond acceptors (Lipinski definition) is 3. The van der Waals surface area contributed by atoms with Gasteiger partial charge in [-0.2, -0.15) is 4.98 Å². The van der Waals surface area contributed by atoms with Gasteiger partial charge in [-0.3, -0.25) is 0 Å². The molecular weight excluding hydrogens is 238 g/mol. The molecule has 3 N–H and O–H groups in total. The number of aromatic nitrogens is 2. The summed E-state index contributed by atoms with van der Waals surface area (Å²) in [5, 5.41) is 0. The second-order valence-electron chi connectivity index (χ2n) is 7.13. The Hall–Kier alpha value is -1.32. The molecule has 1 aromatic heterocycles. The highest BCUT2D eigenvalue weighted by molar-refractivity contribution is 5.48. The third kappa shape index (κ3) is 1.58. The van der Waals surface area contributed by atoms with Crippen molar-refractivity contribution in [2.75, 3.05) is 5.73 Å². The molecule has 4 bridgehead atoms. The molecule has 1 aromatic rings. The van der Waals surface area contributed by atoms with E-state index in [-0.39, 0.29) is 11.1 Å². The summed E-state index contributed by atoms with van der Waals surface area (Å²) >= 11 is 0. The van der Waals surface area contributed by atoms with Gasteiger partial charge in [-0.25, -0.2) is 4.79 Å². The van der Waals surface area contributed by atoms with E-state index in [4.69, 9.17) is 5.73 Å². The average Bonchev–Trinajstić information content (AvgIpc) is 2.24. The van der Waals surface area contributed by atoms with E-state index in [2.05, 4.69) is 9.97 Å². The van der Waals surface area contributed by atoms with Gasteiger partial charge in [-0.05, 0) is 63.2 Å². The molecule has 19 heavy (non-hydrogen) atoms. The van der Waals surface area contributed by atoms with E-state index in [9.17, 15) is 4.79 Å². The minimum atomic E-state index is -0.316. The Labute approximate surface area is 112 Å². The van der Waals surface area contributed by atoms with Crippen molar-refractivity contribution in [2.45, 2.75) is 50.9 Å². The van der Waals surface area contributed by atoms with E-state index in [0.717, 1.165) is 29.0 Å². The Morgan fingerprint density at radius 3 is 2.16 bits per heavy atom. The molecule has 4 nitrogen and oxygen atoms in total. The highest BCUT2D eigenvalue weighted by Crippen LogP contribution is 2.61. The van der Waals surface area contributed by atoms with Gasteiger partial charge in [0.25, 0.3) is 0 Å². The molecule has 0 spiro atoms. The van der Waals surface area contributed by atoms with Crippen molar-refractivity contribution in [3.63, 3.8) is 0 Å². The topological polar surface area (TPSA) is 71.8 Å². The molecule has 0 radical (unpaired) electrons. The number of hydrogen-bond donors (Lipinski definition) is 2. The van der Waals surface area contributed by atoms with Gasteiger partial charge < -0.3 is 10.7 Å². The first kappa shape index (κ1) is 11.5. The minimum Gasteiger partial charge on any atom is -0.383 e. The highest BCUT2D eigenvalue weighted by atomic mass is 16.1. The number of aromatic amines is 1. The van der Waals surface area contributed by atoms with Crippen LogP contribution in [0.1, 0.15) is 49.8 Å². The number of H-pyrrole nitrogens is 1. The van der Waals surface area contributed by atoms with Crippen LogP contribution in [0, 0.1) is 24.7 Å². The smallest absolute Gasteiger partial charge is 0.347 e. The second kappa shape index (κ2) is 3.62. The average molecular weight is 259 g/mol. The van der Waals surface area contributed by atoms with Crippen molar-refractivity contribution >= 4 is 5.82 Å². The third-order valence-corrected chi connectivity index (χ3v) is 5.72. The summed E-state index contributed by atoms with van der Waals surface area (Å²) < 4.78 is 0. The summed E-state index contributed by atoms with van der Waals surface area (Å²) in [6.45, 7) is 1.98. The first-order chi connectivity index (χ1) is 9.06. The summed E-state index contributed by atoms with van der Waals surface area (Å²) in [6.07, 6.45) is 7.98. The first-order valence-electron chi connectivity index (χ1n) is 7.42. The zero-order valence-electron chi connectivity index (χ0n) is 11.4. The maximum absolute atomic E-state index is 11.4. The molecule has 4 heteroatoms. The summed E-state index contributed by atoms with van der Waals surface area (Å²) in [7, 11) is 0. The van der Waals surface area contributed by atoms with Crippen LogP contribution in [0.2, 0.25) is 0 Å². The van der Waals surface area contributed by atoms with E-state index in [1.165, 1.54) is 38.5 Å². The van der Waals surface area contributed by atoms with Crippen LogP contribution in [-0.2, 0) is 5.41 Å². The van der Waals surface area contributed by atoms with Crippen LogP contribution < -0.4 is 11.4 Å². The molecule has 0 unspecified atom stereocenters. The van der Waals surface area contributed by atoms with Gasteiger partial charge in [-0.15, -0.1) is 0 Å². The van der Waals surface area contributed by atoms with Crippen LogP contribution in [0.15, 0.2) is 4.79 Å². The molecule has 0 atom stereocenters. The Kier molecular flexibility index (Phi) is 2.19. The largest absolute Gasteiger partial charge is 0.383 e. The third-order valence-electron chi connectivity index (χ3n) is 5.72. The van der Waals surface area contributed by atoms with E-state index in [0.29, 0.717) is 5.82 Å². The maximum atomic E-state index is 11.4. The summed E-state index contributed by atoms with van der Waals surface area (Å²) in [5.74, 6) is 3.09. The highest BCUT2D eigenvalue weighted by Gasteiger charge is 2.52. The predicted molar refractivity (Wildman–Crippen MR) is 73.9 cm³/mol. The van der Waals surface area contributed by atoms with Crippen molar-refractivity contribution in [1.82, 2.24) is 9.97 Å². The SMILES string of the molecule is Cc1[nH]c(=O)nc(N)c1C12CC3CC(CC(C3)C1)C2. The van der Waals surface area contributed by atoms with Crippen LogP contribution in [0.3, 0.4) is 0 Å². The standard InChI is InChI=1S/C15H21N3O/c1-8-12(13(16)18-14(19)17-8)15-5-9-2-10(6-15)4-11(3-9)7-15/h9-11H,2-7H2,1H3,(H3,16,17,18,19). The van der Waals surface area contributed by atoms with Gasteiger partial charge in [0.05, 0.1) is 0 Å². The normalized spacial score (nSPS) is 39.7. The molecule has 1 heterocycles. The fourth-order valence-corrected chi connectivity index (χ4v) is 5.69. The lowest BCUT2D eigenvalue weighted by molar-refractivity contribution is -0.00543. The van der Waals surface area contributed by atoms with Gasteiger partial charge in [0.2, 0.25) is 0 Å². The number of nitrogens with one attached hydrogen (secondary N) is 1. The molecule has 5 rings (SSSR count). The zero-order chi connectivity index (χ0) is 13.2. The molecule has 0 aromatic carbocycles. The van der Waals surface area contributed by atoms with Crippen molar-refractivity contribution in [3.05, 3.63) is 21.7 Å². The zero-order valence-corrected chi connectivity index (χ0v) is 11.4. The fourth-order valence-electron chi connectivity index (χ4n) is 5.69. The Bertz CT molecular complexity index is 528. The summed E-state index contributed by atoms with van der Waals surface area (Å²) in [4.78, 5) is 18.3. The maximum Gasteiger partial charge on any atom is 0.347 e. The number of rotatable bonds is 1. The molecule has 4 saturated carbocycles. The van der Waals surface area contributed by atoms with Crippen molar-refractivity contribution in [3.8, 4) is 0 Å². The van der Waals surface area contributed by atoms with Gasteiger partial charge in [-0.1, -0.05) is 0 Å². The lowest BCUT2D eigenvalue weighted by Gasteiger charge is -2.57. The number of anilines is 1. The Morgan fingerprint density at radius 2 is 1.68 bits per heavy atom. The molecule has 4 fully saturated rings. The van der Waals surface area contributed by atoms with E-state index < -0.39 is 0 Å². The van der Waals surface area contributed by atoms with Crippen LogP contribution in [0.25, 0.3) is 0 Å².